The van der Waals surface area contributed by atoms with Crippen molar-refractivity contribution >= 4 is 29.9 Å². The first-order chi connectivity index (χ1) is 10.4. The predicted octanol–water partition coefficient (Wildman–Crippen LogP) is 1.70. The maximum Gasteiger partial charge on any atom is 0.247 e. The second-order valence-corrected chi connectivity index (χ2v) is 5.67. The predicted molar refractivity (Wildman–Crippen MR) is 92.0 cm³/mol. The zero-order valence-electron chi connectivity index (χ0n) is 13.7. The molecule has 1 aromatic carbocycles. The van der Waals surface area contributed by atoms with Gasteiger partial charge in [-0.2, -0.15) is 0 Å². The number of methoxy groups -OCH3 is 1. The molecular weight excluding hydrogens is 318 g/mol. The molecule has 2 atom stereocenters. The number of anilines is 1. The van der Waals surface area contributed by atoms with Gasteiger partial charge in [0.15, 0.2) is 0 Å². The van der Waals surface area contributed by atoms with Crippen LogP contribution in [0.2, 0.25) is 0 Å². The molecule has 2 amide bonds. The Kier molecular flexibility index (Phi) is 6.84. The van der Waals surface area contributed by atoms with Crippen molar-refractivity contribution in [3.63, 3.8) is 0 Å². The molecule has 0 radical (unpaired) electrons. The number of benzene rings is 1. The standard InChI is InChI=1S/C16H23N3O3.ClH/c1-10-6-7-14(22-3)12(9-10)18-15(20)13-5-4-8-19(13)16(21)11(2)17;/h6-7,9,11,13H,4-5,8,17H2,1-3H3,(H,18,20);1H/t11-,13?;/m1./s1. The number of carbonyl (C=O) groups is 2. The highest BCUT2D eigenvalue weighted by Crippen LogP contribution is 2.27. The summed E-state index contributed by atoms with van der Waals surface area (Å²) in [5, 5.41) is 2.87. The van der Waals surface area contributed by atoms with Crippen LogP contribution in [0.4, 0.5) is 5.69 Å². The zero-order valence-corrected chi connectivity index (χ0v) is 14.5. The molecule has 1 aliphatic rings. The van der Waals surface area contributed by atoms with Crippen LogP contribution in [-0.4, -0.2) is 42.5 Å². The lowest BCUT2D eigenvalue weighted by molar-refractivity contribution is -0.137. The van der Waals surface area contributed by atoms with Crippen molar-refractivity contribution in [2.24, 2.45) is 5.73 Å². The number of hydrogen-bond acceptors (Lipinski definition) is 4. The molecule has 1 aliphatic heterocycles. The molecule has 1 saturated heterocycles. The van der Waals surface area contributed by atoms with Gasteiger partial charge in [-0.25, -0.2) is 0 Å². The molecule has 1 aromatic rings. The minimum absolute atomic E-state index is 0. The number of nitrogens with two attached hydrogens (primary N) is 1. The van der Waals surface area contributed by atoms with Gasteiger partial charge >= 0.3 is 0 Å². The van der Waals surface area contributed by atoms with E-state index in [0.29, 0.717) is 24.4 Å². The lowest BCUT2D eigenvalue weighted by Gasteiger charge is -2.25. The third-order valence-electron chi connectivity index (χ3n) is 3.84. The van der Waals surface area contributed by atoms with E-state index in [-0.39, 0.29) is 24.2 Å². The highest BCUT2D eigenvalue weighted by atomic mass is 35.5. The molecule has 7 heteroatoms. The SMILES string of the molecule is COc1ccc(C)cc1NC(=O)C1CCCN1C(=O)[C@@H](C)N.Cl. The topological polar surface area (TPSA) is 84.7 Å². The Labute approximate surface area is 142 Å². The summed E-state index contributed by atoms with van der Waals surface area (Å²) in [7, 11) is 1.56. The Balaban J connectivity index is 0.00000264. The summed E-state index contributed by atoms with van der Waals surface area (Å²) >= 11 is 0. The van der Waals surface area contributed by atoms with E-state index in [1.165, 1.54) is 0 Å². The number of amides is 2. The summed E-state index contributed by atoms with van der Waals surface area (Å²) in [6.07, 6.45) is 1.46. The largest absolute Gasteiger partial charge is 0.495 e. The molecule has 1 unspecified atom stereocenters. The van der Waals surface area contributed by atoms with Crippen LogP contribution in [0.3, 0.4) is 0 Å². The average molecular weight is 342 g/mol. The Morgan fingerprint density at radius 2 is 2.13 bits per heavy atom. The summed E-state index contributed by atoms with van der Waals surface area (Å²) in [6.45, 7) is 4.15. The first kappa shape index (κ1) is 19.3. The van der Waals surface area contributed by atoms with Crippen molar-refractivity contribution in [1.82, 2.24) is 4.90 Å². The summed E-state index contributed by atoms with van der Waals surface area (Å²) in [5.74, 6) is 0.214. The van der Waals surface area contributed by atoms with E-state index < -0.39 is 12.1 Å². The van der Waals surface area contributed by atoms with E-state index in [9.17, 15) is 9.59 Å². The van der Waals surface area contributed by atoms with Gasteiger partial charge in [0.25, 0.3) is 0 Å². The van der Waals surface area contributed by atoms with Crippen molar-refractivity contribution in [2.45, 2.75) is 38.8 Å². The fourth-order valence-electron chi connectivity index (χ4n) is 2.70. The fourth-order valence-corrected chi connectivity index (χ4v) is 2.70. The van der Waals surface area contributed by atoms with Gasteiger partial charge in [0, 0.05) is 6.54 Å². The number of ether oxygens (including phenoxy) is 1. The quantitative estimate of drug-likeness (QED) is 0.873. The second kappa shape index (κ2) is 8.17. The second-order valence-electron chi connectivity index (χ2n) is 5.67. The van der Waals surface area contributed by atoms with Gasteiger partial charge in [-0.3, -0.25) is 9.59 Å². The molecule has 6 nitrogen and oxygen atoms in total. The number of nitrogens with zero attached hydrogens (tertiary/aromatic N) is 1. The van der Waals surface area contributed by atoms with Crippen LogP contribution in [0.1, 0.15) is 25.3 Å². The van der Waals surface area contributed by atoms with Gasteiger partial charge in [-0.15, -0.1) is 12.4 Å². The van der Waals surface area contributed by atoms with Crippen molar-refractivity contribution in [2.75, 3.05) is 19.0 Å². The Hall–Kier alpha value is -1.79. The van der Waals surface area contributed by atoms with E-state index in [0.717, 1.165) is 12.0 Å². The summed E-state index contributed by atoms with van der Waals surface area (Å²) in [4.78, 5) is 26.2. The first-order valence-electron chi connectivity index (χ1n) is 7.45. The molecule has 1 fully saturated rings. The van der Waals surface area contributed by atoms with Crippen molar-refractivity contribution in [3.8, 4) is 5.75 Å². The van der Waals surface area contributed by atoms with E-state index in [1.807, 2.05) is 25.1 Å². The molecule has 0 aromatic heterocycles. The summed E-state index contributed by atoms with van der Waals surface area (Å²) < 4.78 is 5.26. The third kappa shape index (κ3) is 4.36. The van der Waals surface area contributed by atoms with Crippen molar-refractivity contribution < 1.29 is 14.3 Å². The Bertz CT molecular complexity index is 578. The van der Waals surface area contributed by atoms with E-state index in [4.69, 9.17) is 10.5 Å². The monoisotopic (exact) mass is 341 g/mol. The maximum absolute atomic E-state index is 12.5. The molecular formula is C16H24ClN3O3. The van der Waals surface area contributed by atoms with Crippen LogP contribution < -0.4 is 15.8 Å². The van der Waals surface area contributed by atoms with Gasteiger partial charge in [-0.05, 0) is 44.4 Å². The fraction of sp³-hybridized carbons (Fsp3) is 0.500. The number of halogens is 1. The van der Waals surface area contributed by atoms with E-state index >= 15 is 0 Å². The number of carbonyl (C=O) groups excluding carboxylic acids is 2. The van der Waals surface area contributed by atoms with Gasteiger partial charge in [0.05, 0.1) is 18.8 Å². The normalized spacial score (nSPS) is 18.1. The lowest BCUT2D eigenvalue weighted by atomic mass is 10.1. The number of likely N-dealkylation sites (tertiary alicyclic amines) is 1. The Morgan fingerprint density at radius 3 is 2.74 bits per heavy atom. The van der Waals surface area contributed by atoms with Crippen LogP contribution in [0, 0.1) is 6.92 Å². The van der Waals surface area contributed by atoms with Gasteiger partial charge < -0.3 is 20.7 Å². The minimum atomic E-state index is -0.595. The Morgan fingerprint density at radius 1 is 1.43 bits per heavy atom. The zero-order chi connectivity index (χ0) is 16.3. The van der Waals surface area contributed by atoms with Crippen LogP contribution >= 0.6 is 12.4 Å². The van der Waals surface area contributed by atoms with Crippen LogP contribution in [0.25, 0.3) is 0 Å². The molecule has 23 heavy (non-hydrogen) atoms. The van der Waals surface area contributed by atoms with Gasteiger partial charge in [0.1, 0.15) is 11.8 Å². The summed E-state index contributed by atoms with van der Waals surface area (Å²) in [5.41, 5.74) is 7.29. The number of aryl methyl sites for hydroxylation is 1. The molecule has 0 saturated carbocycles. The van der Waals surface area contributed by atoms with Crippen molar-refractivity contribution in [1.29, 1.82) is 0 Å². The smallest absolute Gasteiger partial charge is 0.247 e. The van der Waals surface area contributed by atoms with Crippen molar-refractivity contribution in [3.05, 3.63) is 23.8 Å². The number of hydrogen-bond donors (Lipinski definition) is 2. The average Bonchev–Trinajstić information content (AvgIpc) is 2.96. The highest BCUT2D eigenvalue weighted by molar-refractivity contribution is 5.99. The van der Waals surface area contributed by atoms with Crippen LogP contribution in [-0.2, 0) is 9.59 Å². The minimum Gasteiger partial charge on any atom is -0.495 e. The molecule has 1 heterocycles. The molecule has 3 N–H and O–H groups in total. The lowest BCUT2D eigenvalue weighted by Crippen LogP contribution is -2.48. The third-order valence-corrected chi connectivity index (χ3v) is 3.84. The molecule has 0 spiro atoms. The first-order valence-corrected chi connectivity index (χ1v) is 7.45. The van der Waals surface area contributed by atoms with Gasteiger partial charge in [-0.1, -0.05) is 6.07 Å². The van der Waals surface area contributed by atoms with E-state index in [1.54, 1.807) is 18.9 Å². The van der Waals surface area contributed by atoms with Crippen LogP contribution in [0.15, 0.2) is 18.2 Å². The molecule has 128 valence electrons. The highest BCUT2D eigenvalue weighted by Gasteiger charge is 2.35. The molecule has 2 rings (SSSR count). The van der Waals surface area contributed by atoms with Gasteiger partial charge in [0.2, 0.25) is 11.8 Å². The number of nitrogens with one attached hydrogen (secondary N) is 1. The molecule has 0 bridgehead atoms. The van der Waals surface area contributed by atoms with Crippen LogP contribution in [0.5, 0.6) is 5.75 Å². The van der Waals surface area contributed by atoms with E-state index in [2.05, 4.69) is 5.32 Å². The summed E-state index contributed by atoms with van der Waals surface area (Å²) in [6, 6.07) is 4.51. The number of rotatable bonds is 4. The maximum atomic E-state index is 12.5. The molecule has 0 aliphatic carbocycles.